The first-order chi connectivity index (χ1) is 5.52. The third-order valence-electron chi connectivity index (χ3n) is 1.75. The average Bonchev–Trinajstić information content (AvgIpc) is 1.84. The summed E-state index contributed by atoms with van der Waals surface area (Å²) in [6.07, 6.45) is 1.04. The van der Waals surface area contributed by atoms with Gasteiger partial charge in [-0.25, -0.2) is 0 Å². The van der Waals surface area contributed by atoms with Crippen molar-refractivity contribution in [2.45, 2.75) is 51.9 Å². The summed E-state index contributed by atoms with van der Waals surface area (Å²) in [7, 11) is 0. The minimum Gasteiger partial charge on any atom is -0.393 e. The third-order valence-corrected chi connectivity index (χ3v) is 1.75. The fourth-order valence-electron chi connectivity index (χ4n) is 1.13. The van der Waals surface area contributed by atoms with Crippen LogP contribution < -0.4 is 5.32 Å². The SMILES string of the molecule is CC(O)CCNC(C)CC(C)O. The van der Waals surface area contributed by atoms with Crippen molar-refractivity contribution in [1.82, 2.24) is 5.32 Å². The van der Waals surface area contributed by atoms with E-state index in [2.05, 4.69) is 5.32 Å². The Hall–Kier alpha value is -0.120. The topological polar surface area (TPSA) is 52.5 Å². The number of rotatable bonds is 6. The molecule has 0 bridgehead atoms. The van der Waals surface area contributed by atoms with Crippen LogP contribution in [0.15, 0.2) is 0 Å². The zero-order valence-corrected chi connectivity index (χ0v) is 8.25. The average molecular weight is 175 g/mol. The maximum atomic E-state index is 9.04. The van der Waals surface area contributed by atoms with Crippen LogP contribution in [0.5, 0.6) is 0 Å². The smallest absolute Gasteiger partial charge is 0.0526 e. The highest BCUT2D eigenvalue weighted by molar-refractivity contribution is 4.64. The molecular weight excluding hydrogens is 154 g/mol. The van der Waals surface area contributed by atoms with E-state index in [-0.39, 0.29) is 12.2 Å². The van der Waals surface area contributed by atoms with E-state index >= 15 is 0 Å². The summed E-state index contributed by atoms with van der Waals surface area (Å²) in [5.41, 5.74) is 0. The second kappa shape index (κ2) is 6.40. The summed E-state index contributed by atoms with van der Waals surface area (Å²) in [5, 5.41) is 21.2. The first kappa shape index (κ1) is 11.9. The summed E-state index contributed by atoms with van der Waals surface area (Å²) in [6, 6.07) is 0.323. The fourth-order valence-corrected chi connectivity index (χ4v) is 1.13. The summed E-state index contributed by atoms with van der Waals surface area (Å²) in [6.45, 7) is 6.41. The Morgan fingerprint density at radius 2 is 1.67 bits per heavy atom. The van der Waals surface area contributed by atoms with Gasteiger partial charge in [0.25, 0.3) is 0 Å². The monoisotopic (exact) mass is 175 g/mol. The molecule has 0 spiro atoms. The molecular formula is C9H21NO2. The van der Waals surface area contributed by atoms with Crippen molar-refractivity contribution >= 4 is 0 Å². The first-order valence-electron chi connectivity index (χ1n) is 4.62. The van der Waals surface area contributed by atoms with E-state index in [0.29, 0.717) is 6.04 Å². The van der Waals surface area contributed by atoms with Gasteiger partial charge < -0.3 is 15.5 Å². The summed E-state index contributed by atoms with van der Waals surface area (Å²) in [5.74, 6) is 0. The van der Waals surface area contributed by atoms with E-state index < -0.39 is 0 Å². The zero-order chi connectivity index (χ0) is 9.56. The molecule has 0 aliphatic carbocycles. The molecule has 0 saturated heterocycles. The molecule has 3 heteroatoms. The van der Waals surface area contributed by atoms with Crippen LogP contribution in [0, 0.1) is 0 Å². The number of hydrogen-bond acceptors (Lipinski definition) is 3. The predicted molar refractivity (Wildman–Crippen MR) is 50.1 cm³/mol. The van der Waals surface area contributed by atoms with Gasteiger partial charge in [-0.15, -0.1) is 0 Å². The van der Waals surface area contributed by atoms with Crippen LogP contribution in [0.4, 0.5) is 0 Å². The minimum absolute atomic E-state index is 0.240. The van der Waals surface area contributed by atoms with Gasteiger partial charge in [-0.05, 0) is 40.2 Å². The van der Waals surface area contributed by atoms with E-state index in [1.54, 1.807) is 13.8 Å². The fraction of sp³-hybridized carbons (Fsp3) is 1.00. The van der Waals surface area contributed by atoms with Gasteiger partial charge in [0.1, 0.15) is 0 Å². The lowest BCUT2D eigenvalue weighted by molar-refractivity contribution is 0.163. The minimum atomic E-state index is -0.251. The largest absolute Gasteiger partial charge is 0.393 e. The van der Waals surface area contributed by atoms with Crippen molar-refractivity contribution in [3.8, 4) is 0 Å². The molecule has 0 radical (unpaired) electrons. The quantitative estimate of drug-likeness (QED) is 0.551. The van der Waals surface area contributed by atoms with Crippen molar-refractivity contribution in [1.29, 1.82) is 0 Å². The molecule has 0 amide bonds. The number of aliphatic hydroxyl groups excluding tert-OH is 2. The van der Waals surface area contributed by atoms with Crippen molar-refractivity contribution in [2.24, 2.45) is 0 Å². The normalized spacial score (nSPS) is 18.8. The van der Waals surface area contributed by atoms with Crippen LogP contribution in [0.1, 0.15) is 33.6 Å². The van der Waals surface area contributed by atoms with E-state index in [4.69, 9.17) is 10.2 Å². The van der Waals surface area contributed by atoms with Crippen molar-refractivity contribution in [3.05, 3.63) is 0 Å². The van der Waals surface area contributed by atoms with E-state index in [1.807, 2.05) is 6.92 Å². The summed E-state index contributed by atoms with van der Waals surface area (Å²) >= 11 is 0. The lowest BCUT2D eigenvalue weighted by Crippen LogP contribution is -2.31. The molecule has 3 nitrogen and oxygen atoms in total. The van der Waals surface area contributed by atoms with Gasteiger partial charge in [0, 0.05) is 6.04 Å². The Labute approximate surface area is 74.8 Å². The van der Waals surface area contributed by atoms with Crippen LogP contribution in [-0.2, 0) is 0 Å². The molecule has 0 aromatic carbocycles. The van der Waals surface area contributed by atoms with Gasteiger partial charge >= 0.3 is 0 Å². The van der Waals surface area contributed by atoms with E-state index in [0.717, 1.165) is 19.4 Å². The molecule has 0 aliphatic rings. The second-order valence-corrected chi connectivity index (χ2v) is 3.58. The van der Waals surface area contributed by atoms with Gasteiger partial charge in [-0.1, -0.05) is 0 Å². The van der Waals surface area contributed by atoms with Crippen LogP contribution in [0.3, 0.4) is 0 Å². The molecule has 0 saturated carbocycles. The summed E-state index contributed by atoms with van der Waals surface area (Å²) < 4.78 is 0. The molecule has 0 fully saturated rings. The Kier molecular flexibility index (Phi) is 6.34. The number of aliphatic hydroxyl groups is 2. The molecule has 0 aliphatic heterocycles. The Balaban J connectivity index is 3.25. The standard InChI is InChI=1S/C9H21NO2/c1-7(6-9(3)12)10-5-4-8(2)11/h7-12H,4-6H2,1-3H3. The van der Waals surface area contributed by atoms with Crippen molar-refractivity contribution in [2.75, 3.05) is 6.54 Å². The lowest BCUT2D eigenvalue weighted by Gasteiger charge is -2.15. The highest BCUT2D eigenvalue weighted by Gasteiger charge is 2.04. The Bertz CT molecular complexity index is 105. The van der Waals surface area contributed by atoms with Gasteiger partial charge in [-0.2, -0.15) is 0 Å². The van der Waals surface area contributed by atoms with Gasteiger partial charge in [0.05, 0.1) is 12.2 Å². The van der Waals surface area contributed by atoms with Crippen LogP contribution in [-0.4, -0.2) is 35.0 Å². The molecule has 74 valence electrons. The van der Waals surface area contributed by atoms with Crippen LogP contribution >= 0.6 is 0 Å². The van der Waals surface area contributed by atoms with Crippen molar-refractivity contribution < 1.29 is 10.2 Å². The van der Waals surface area contributed by atoms with Gasteiger partial charge in [0.15, 0.2) is 0 Å². The first-order valence-corrected chi connectivity index (χ1v) is 4.62. The molecule has 3 N–H and O–H groups in total. The molecule has 3 atom stereocenters. The zero-order valence-electron chi connectivity index (χ0n) is 8.25. The van der Waals surface area contributed by atoms with E-state index in [1.165, 1.54) is 0 Å². The van der Waals surface area contributed by atoms with Gasteiger partial charge in [0.2, 0.25) is 0 Å². The van der Waals surface area contributed by atoms with E-state index in [9.17, 15) is 0 Å². The molecule has 0 aromatic heterocycles. The third kappa shape index (κ3) is 7.98. The Morgan fingerprint density at radius 3 is 2.08 bits per heavy atom. The Morgan fingerprint density at radius 1 is 1.08 bits per heavy atom. The maximum absolute atomic E-state index is 9.04. The highest BCUT2D eigenvalue weighted by atomic mass is 16.3. The second-order valence-electron chi connectivity index (χ2n) is 3.58. The molecule has 0 rings (SSSR count). The van der Waals surface area contributed by atoms with Gasteiger partial charge in [-0.3, -0.25) is 0 Å². The van der Waals surface area contributed by atoms with Crippen LogP contribution in [0.2, 0.25) is 0 Å². The number of hydrogen-bond donors (Lipinski definition) is 3. The van der Waals surface area contributed by atoms with Crippen LogP contribution in [0.25, 0.3) is 0 Å². The summed E-state index contributed by atoms with van der Waals surface area (Å²) in [4.78, 5) is 0. The molecule has 12 heavy (non-hydrogen) atoms. The highest BCUT2D eigenvalue weighted by Crippen LogP contribution is 1.96. The predicted octanol–water partition coefficient (Wildman–Crippen LogP) is 0.506. The maximum Gasteiger partial charge on any atom is 0.0526 e. The molecule has 0 heterocycles. The van der Waals surface area contributed by atoms with Crippen molar-refractivity contribution in [3.63, 3.8) is 0 Å². The molecule has 0 aromatic rings. The lowest BCUT2D eigenvalue weighted by atomic mass is 10.1. The number of nitrogens with one attached hydrogen (secondary N) is 1. The molecule has 3 unspecified atom stereocenters.